The normalized spacial score (nSPS) is 13.6. The van der Waals surface area contributed by atoms with Crippen LogP contribution in [-0.4, -0.2) is 67.3 Å². The minimum absolute atomic E-state index is 0.136. The molecule has 9 heteroatoms. The van der Waals surface area contributed by atoms with Crippen LogP contribution in [0.2, 0.25) is 0 Å². The fourth-order valence-corrected chi connectivity index (χ4v) is 4.25. The molecule has 1 amide bonds. The predicted molar refractivity (Wildman–Crippen MR) is 149 cm³/mol. The zero-order chi connectivity index (χ0) is 27.6. The second-order valence-electron chi connectivity index (χ2n) is 9.69. The highest BCUT2D eigenvalue weighted by atomic mass is 16.5. The molecule has 0 unspecified atom stereocenters. The number of methoxy groups -OCH3 is 1. The molecule has 0 spiro atoms. The van der Waals surface area contributed by atoms with Crippen molar-refractivity contribution in [2.45, 2.75) is 26.7 Å². The second kappa shape index (κ2) is 13.7. The highest BCUT2D eigenvalue weighted by Crippen LogP contribution is 2.29. The fraction of sp³-hybridized carbons (Fsp3) is 0.400. The Hall–Kier alpha value is -4.00. The van der Waals surface area contributed by atoms with Gasteiger partial charge in [-0.15, -0.1) is 0 Å². The molecule has 0 atom stereocenters. The lowest BCUT2D eigenvalue weighted by molar-refractivity contribution is -0.118. The van der Waals surface area contributed by atoms with E-state index in [0.717, 1.165) is 50.4 Å². The minimum Gasteiger partial charge on any atom is -0.493 e. The molecular weight excluding hydrogens is 494 g/mol. The molecule has 1 aliphatic rings. The third-order valence-electron chi connectivity index (χ3n) is 6.49. The summed E-state index contributed by atoms with van der Waals surface area (Å²) in [6, 6.07) is 15.2. The molecule has 2 aromatic carbocycles. The number of aromatic nitrogens is 2. The number of hydrogen-bond donors (Lipinski definition) is 1. The molecule has 4 rings (SSSR count). The summed E-state index contributed by atoms with van der Waals surface area (Å²) in [5.74, 6) is 1.72. The second-order valence-corrected chi connectivity index (χ2v) is 9.69. The number of benzene rings is 2. The van der Waals surface area contributed by atoms with Gasteiger partial charge in [0.05, 0.1) is 43.9 Å². The number of morpholine rings is 1. The summed E-state index contributed by atoms with van der Waals surface area (Å²) in [6.07, 6.45) is 3.15. The van der Waals surface area contributed by atoms with Crippen molar-refractivity contribution in [2.75, 3.05) is 51.9 Å². The topological polar surface area (TPSA) is 110 Å². The van der Waals surface area contributed by atoms with Crippen LogP contribution >= 0.6 is 0 Å². The van der Waals surface area contributed by atoms with Gasteiger partial charge in [0.1, 0.15) is 11.9 Å². The summed E-state index contributed by atoms with van der Waals surface area (Å²) in [4.78, 5) is 23.6. The molecule has 1 saturated heterocycles. The third-order valence-corrected chi connectivity index (χ3v) is 6.49. The number of rotatable bonds is 11. The van der Waals surface area contributed by atoms with Crippen LogP contribution in [0.15, 0.2) is 48.7 Å². The standard InChI is InChI=1S/C30H35N5O4/c1-21(2)30(36)34-25-7-6-23(19-24(25)20-31)26-9-10-32-29(33-26)18-22-5-8-27(28(17-22)37-3)39-14-4-11-35-12-15-38-16-13-35/h5-10,17,19,21H,4,11-16,18H2,1-3H3,(H,34,36). The van der Waals surface area contributed by atoms with E-state index in [0.29, 0.717) is 47.3 Å². The van der Waals surface area contributed by atoms with Gasteiger partial charge in [0.2, 0.25) is 5.91 Å². The van der Waals surface area contributed by atoms with Gasteiger partial charge in [0.25, 0.3) is 0 Å². The van der Waals surface area contributed by atoms with Crippen LogP contribution in [0.4, 0.5) is 5.69 Å². The molecule has 1 N–H and O–H groups in total. The van der Waals surface area contributed by atoms with Crippen LogP contribution < -0.4 is 14.8 Å². The van der Waals surface area contributed by atoms with Crippen LogP contribution in [0.25, 0.3) is 11.3 Å². The average molecular weight is 530 g/mol. The van der Waals surface area contributed by atoms with E-state index in [1.54, 1.807) is 31.5 Å². The molecule has 2 heterocycles. The van der Waals surface area contributed by atoms with Crippen LogP contribution in [0.5, 0.6) is 11.5 Å². The van der Waals surface area contributed by atoms with E-state index in [-0.39, 0.29) is 11.8 Å². The number of nitrogens with zero attached hydrogens (tertiary/aromatic N) is 4. The number of ether oxygens (including phenoxy) is 3. The lowest BCUT2D eigenvalue weighted by Crippen LogP contribution is -2.37. The van der Waals surface area contributed by atoms with Crippen LogP contribution in [0.1, 0.15) is 37.2 Å². The maximum atomic E-state index is 12.1. The fourth-order valence-electron chi connectivity index (χ4n) is 4.25. The summed E-state index contributed by atoms with van der Waals surface area (Å²) >= 11 is 0. The highest BCUT2D eigenvalue weighted by Gasteiger charge is 2.14. The van der Waals surface area contributed by atoms with Crippen molar-refractivity contribution in [3.05, 3.63) is 65.6 Å². The lowest BCUT2D eigenvalue weighted by Gasteiger charge is -2.26. The van der Waals surface area contributed by atoms with Gasteiger partial charge >= 0.3 is 0 Å². The Kier molecular flexibility index (Phi) is 9.84. The van der Waals surface area contributed by atoms with Crippen molar-refractivity contribution in [3.63, 3.8) is 0 Å². The number of carbonyl (C=O) groups is 1. The number of anilines is 1. The Balaban J connectivity index is 1.40. The molecule has 0 saturated carbocycles. The van der Waals surface area contributed by atoms with Gasteiger partial charge in [-0.2, -0.15) is 5.26 Å². The first-order valence-corrected chi connectivity index (χ1v) is 13.2. The lowest BCUT2D eigenvalue weighted by atomic mass is 10.1. The molecule has 0 aliphatic carbocycles. The highest BCUT2D eigenvalue weighted by molar-refractivity contribution is 5.93. The minimum atomic E-state index is -0.180. The number of hydrogen-bond acceptors (Lipinski definition) is 8. The van der Waals surface area contributed by atoms with Gasteiger partial charge in [-0.05, 0) is 42.3 Å². The maximum absolute atomic E-state index is 12.1. The molecule has 1 aliphatic heterocycles. The molecule has 1 aromatic heterocycles. The first-order valence-electron chi connectivity index (χ1n) is 13.2. The molecule has 3 aromatic rings. The molecule has 204 valence electrons. The maximum Gasteiger partial charge on any atom is 0.226 e. The Labute approximate surface area is 229 Å². The van der Waals surface area contributed by atoms with Crippen molar-refractivity contribution in [1.82, 2.24) is 14.9 Å². The number of nitrogens with one attached hydrogen (secondary N) is 1. The number of amides is 1. The van der Waals surface area contributed by atoms with Crippen molar-refractivity contribution in [3.8, 4) is 28.8 Å². The molecule has 0 bridgehead atoms. The summed E-state index contributed by atoms with van der Waals surface area (Å²) in [5, 5.41) is 12.4. The Morgan fingerprint density at radius 3 is 2.72 bits per heavy atom. The van der Waals surface area contributed by atoms with Gasteiger partial charge < -0.3 is 19.5 Å². The van der Waals surface area contributed by atoms with Gasteiger partial charge in [-0.3, -0.25) is 9.69 Å². The zero-order valence-electron chi connectivity index (χ0n) is 22.8. The molecular formula is C30H35N5O4. The first-order chi connectivity index (χ1) is 19.0. The van der Waals surface area contributed by atoms with Crippen LogP contribution in [0.3, 0.4) is 0 Å². The Morgan fingerprint density at radius 2 is 1.97 bits per heavy atom. The van der Waals surface area contributed by atoms with E-state index in [1.165, 1.54) is 0 Å². The van der Waals surface area contributed by atoms with E-state index >= 15 is 0 Å². The summed E-state index contributed by atoms with van der Waals surface area (Å²) in [5.41, 5.74) is 3.34. The van der Waals surface area contributed by atoms with Gasteiger partial charge in [0, 0.05) is 43.7 Å². The zero-order valence-corrected chi connectivity index (χ0v) is 22.8. The number of carbonyl (C=O) groups excluding carboxylic acids is 1. The van der Waals surface area contributed by atoms with E-state index < -0.39 is 0 Å². The molecule has 1 fully saturated rings. The average Bonchev–Trinajstić information content (AvgIpc) is 2.96. The van der Waals surface area contributed by atoms with Gasteiger partial charge in [-0.1, -0.05) is 26.0 Å². The van der Waals surface area contributed by atoms with Gasteiger partial charge in [-0.25, -0.2) is 9.97 Å². The predicted octanol–water partition coefficient (Wildman–Crippen LogP) is 4.31. The van der Waals surface area contributed by atoms with Crippen molar-refractivity contribution in [1.29, 1.82) is 5.26 Å². The summed E-state index contributed by atoms with van der Waals surface area (Å²) < 4.78 is 17.0. The first kappa shape index (κ1) is 28.0. The molecule has 39 heavy (non-hydrogen) atoms. The van der Waals surface area contributed by atoms with Crippen molar-refractivity contribution in [2.24, 2.45) is 5.92 Å². The monoisotopic (exact) mass is 529 g/mol. The molecule has 0 radical (unpaired) electrons. The number of nitriles is 1. The van der Waals surface area contributed by atoms with E-state index in [2.05, 4.69) is 21.3 Å². The van der Waals surface area contributed by atoms with Crippen LogP contribution in [-0.2, 0) is 16.0 Å². The van der Waals surface area contributed by atoms with E-state index in [9.17, 15) is 10.1 Å². The van der Waals surface area contributed by atoms with Gasteiger partial charge in [0.15, 0.2) is 11.5 Å². The van der Waals surface area contributed by atoms with Crippen molar-refractivity contribution >= 4 is 11.6 Å². The summed E-state index contributed by atoms with van der Waals surface area (Å²) in [7, 11) is 1.64. The SMILES string of the molecule is COc1cc(Cc2nccc(-c3ccc(NC(=O)C(C)C)c(C#N)c3)n2)ccc1OCCCN1CCOCC1. The van der Waals surface area contributed by atoms with E-state index in [1.807, 2.05) is 38.1 Å². The third kappa shape index (κ3) is 7.76. The molecule has 9 nitrogen and oxygen atoms in total. The largest absolute Gasteiger partial charge is 0.493 e. The smallest absolute Gasteiger partial charge is 0.226 e. The Bertz CT molecular complexity index is 1310. The summed E-state index contributed by atoms with van der Waals surface area (Å²) in [6.45, 7) is 8.77. The van der Waals surface area contributed by atoms with E-state index in [4.69, 9.17) is 19.2 Å². The quantitative estimate of drug-likeness (QED) is 0.366. The Morgan fingerprint density at radius 1 is 1.15 bits per heavy atom. The van der Waals surface area contributed by atoms with Crippen molar-refractivity contribution < 1.29 is 19.0 Å². The van der Waals surface area contributed by atoms with Crippen LogP contribution in [0, 0.1) is 17.2 Å².